The minimum absolute atomic E-state index is 0.0733. The zero-order valence-corrected chi connectivity index (χ0v) is 10.6. The van der Waals surface area contributed by atoms with Gasteiger partial charge in [0.2, 0.25) is 5.95 Å². The van der Waals surface area contributed by atoms with Gasteiger partial charge in [-0.05, 0) is 18.1 Å². The van der Waals surface area contributed by atoms with E-state index >= 15 is 0 Å². The van der Waals surface area contributed by atoms with Gasteiger partial charge in [-0.25, -0.2) is 9.48 Å². The van der Waals surface area contributed by atoms with E-state index in [4.69, 9.17) is 5.73 Å². The van der Waals surface area contributed by atoms with Gasteiger partial charge in [0, 0.05) is 12.3 Å². The summed E-state index contributed by atoms with van der Waals surface area (Å²) < 4.78 is 1.36. The molecular formula is C13H14N4O3. The number of phenols is 1. The van der Waals surface area contributed by atoms with E-state index < -0.39 is 12.0 Å². The molecule has 2 unspecified atom stereocenters. The standard InChI is InChI=1S/C13H14N4O3/c14-13-15-10-6-5-8(7-3-1-2-4-9(7)18)11(12(19)20)17(10)16-13/h1-4,8,11,18H,5-6H2,(H2,14,16)(H,19,20). The lowest BCUT2D eigenvalue weighted by Gasteiger charge is -2.29. The summed E-state index contributed by atoms with van der Waals surface area (Å²) in [6.45, 7) is 0. The van der Waals surface area contributed by atoms with Crippen LogP contribution in [0.5, 0.6) is 5.75 Å². The molecule has 0 saturated carbocycles. The van der Waals surface area contributed by atoms with Gasteiger partial charge in [0.15, 0.2) is 6.04 Å². The first-order valence-corrected chi connectivity index (χ1v) is 6.29. The highest BCUT2D eigenvalue weighted by Gasteiger charge is 2.38. The van der Waals surface area contributed by atoms with E-state index in [0.717, 1.165) is 0 Å². The highest BCUT2D eigenvalue weighted by Crippen LogP contribution is 2.40. The predicted molar refractivity (Wildman–Crippen MR) is 70.3 cm³/mol. The van der Waals surface area contributed by atoms with Crippen LogP contribution in [0.15, 0.2) is 24.3 Å². The van der Waals surface area contributed by atoms with Crippen LogP contribution >= 0.6 is 0 Å². The van der Waals surface area contributed by atoms with E-state index in [-0.39, 0.29) is 17.6 Å². The lowest BCUT2D eigenvalue weighted by Crippen LogP contribution is -2.32. The van der Waals surface area contributed by atoms with E-state index in [0.29, 0.717) is 24.2 Å². The Morgan fingerprint density at radius 2 is 2.15 bits per heavy atom. The Kier molecular flexibility index (Phi) is 2.81. The van der Waals surface area contributed by atoms with Crippen LogP contribution in [0, 0.1) is 0 Å². The molecule has 2 aromatic rings. The molecule has 1 aliphatic rings. The van der Waals surface area contributed by atoms with Crippen molar-refractivity contribution < 1.29 is 15.0 Å². The number of nitrogens with two attached hydrogens (primary N) is 1. The van der Waals surface area contributed by atoms with Crippen LogP contribution in [0.2, 0.25) is 0 Å². The number of hydrogen-bond donors (Lipinski definition) is 3. The Morgan fingerprint density at radius 1 is 1.40 bits per heavy atom. The number of rotatable bonds is 2. The monoisotopic (exact) mass is 274 g/mol. The zero-order valence-electron chi connectivity index (χ0n) is 10.6. The zero-order chi connectivity index (χ0) is 14.3. The van der Waals surface area contributed by atoms with E-state index in [1.165, 1.54) is 4.68 Å². The Labute approximate surface area is 114 Å². The van der Waals surface area contributed by atoms with E-state index in [9.17, 15) is 15.0 Å². The third kappa shape index (κ3) is 1.87. The Morgan fingerprint density at radius 3 is 2.85 bits per heavy atom. The number of anilines is 1. The van der Waals surface area contributed by atoms with Crippen molar-refractivity contribution in [1.82, 2.24) is 14.8 Å². The molecule has 1 aliphatic heterocycles. The van der Waals surface area contributed by atoms with Crippen molar-refractivity contribution in [2.24, 2.45) is 0 Å². The first-order chi connectivity index (χ1) is 9.58. The molecule has 7 heteroatoms. The van der Waals surface area contributed by atoms with Crippen molar-refractivity contribution in [1.29, 1.82) is 0 Å². The fraction of sp³-hybridized carbons (Fsp3) is 0.308. The molecule has 1 aromatic carbocycles. The summed E-state index contributed by atoms with van der Waals surface area (Å²) in [5.74, 6) is -0.627. The molecule has 2 heterocycles. The van der Waals surface area contributed by atoms with Gasteiger partial charge in [-0.2, -0.15) is 4.98 Å². The fourth-order valence-electron chi connectivity index (χ4n) is 2.78. The van der Waals surface area contributed by atoms with Crippen LogP contribution in [0.3, 0.4) is 0 Å². The largest absolute Gasteiger partial charge is 0.508 e. The summed E-state index contributed by atoms with van der Waals surface area (Å²) in [4.78, 5) is 15.6. The number of nitrogens with zero attached hydrogens (tertiary/aromatic N) is 3. The highest BCUT2D eigenvalue weighted by molar-refractivity contribution is 5.74. The SMILES string of the molecule is Nc1nc2n(n1)C(C(=O)O)C(c1ccccc1O)CC2. The van der Waals surface area contributed by atoms with Crippen LogP contribution in [0.1, 0.15) is 29.8 Å². The van der Waals surface area contributed by atoms with Gasteiger partial charge < -0.3 is 15.9 Å². The topological polar surface area (TPSA) is 114 Å². The number of aromatic nitrogens is 3. The minimum atomic E-state index is -1.01. The second-order valence-electron chi connectivity index (χ2n) is 4.82. The average molecular weight is 274 g/mol. The summed E-state index contributed by atoms with van der Waals surface area (Å²) in [5, 5.41) is 23.4. The molecule has 3 rings (SSSR count). The number of hydrogen-bond acceptors (Lipinski definition) is 5. The quantitative estimate of drug-likeness (QED) is 0.750. The number of carboxylic acids is 1. The molecule has 0 fully saturated rings. The number of fused-ring (bicyclic) bond motifs is 1. The molecule has 20 heavy (non-hydrogen) atoms. The number of aryl methyl sites for hydroxylation is 1. The lowest BCUT2D eigenvalue weighted by atomic mass is 9.84. The van der Waals surface area contributed by atoms with Crippen LogP contribution in [0.4, 0.5) is 5.95 Å². The van der Waals surface area contributed by atoms with Crippen molar-refractivity contribution in [3.05, 3.63) is 35.7 Å². The second-order valence-corrected chi connectivity index (χ2v) is 4.82. The molecule has 7 nitrogen and oxygen atoms in total. The van der Waals surface area contributed by atoms with Crippen LogP contribution in [-0.2, 0) is 11.2 Å². The molecule has 104 valence electrons. The van der Waals surface area contributed by atoms with Gasteiger partial charge in [0.05, 0.1) is 0 Å². The second kappa shape index (κ2) is 4.52. The van der Waals surface area contributed by atoms with Crippen LogP contribution in [-0.4, -0.2) is 30.9 Å². The molecular weight excluding hydrogens is 260 g/mol. The molecule has 0 bridgehead atoms. The van der Waals surface area contributed by atoms with Gasteiger partial charge >= 0.3 is 5.97 Å². The van der Waals surface area contributed by atoms with Crippen LogP contribution in [0.25, 0.3) is 0 Å². The average Bonchev–Trinajstić information content (AvgIpc) is 2.78. The van der Waals surface area contributed by atoms with Gasteiger partial charge in [-0.15, -0.1) is 5.10 Å². The van der Waals surface area contributed by atoms with Gasteiger partial charge in [-0.3, -0.25) is 0 Å². The summed E-state index contributed by atoms with van der Waals surface area (Å²) in [7, 11) is 0. The Hall–Kier alpha value is -2.57. The van der Waals surface area contributed by atoms with Crippen molar-refractivity contribution >= 4 is 11.9 Å². The molecule has 0 amide bonds. The van der Waals surface area contributed by atoms with Crippen molar-refractivity contribution in [3.63, 3.8) is 0 Å². The first-order valence-electron chi connectivity index (χ1n) is 6.29. The summed E-state index contributed by atoms with van der Waals surface area (Å²) >= 11 is 0. The van der Waals surface area contributed by atoms with Crippen LogP contribution < -0.4 is 5.73 Å². The number of phenolic OH excluding ortho intramolecular Hbond substituents is 1. The van der Waals surface area contributed by atoms with Gasteiger partial charge in [0.25, 0.3) is 0 Å². The fourth-order valence-corrected chi connectivity index (χ4v) is 2.78. The predicted octanol–water partition coefficient (Wildman–Crippen LogP) is 0.922. The summed E-state index contributed by atoms with van der Waals surface area (Å²) in [6.07, 6.45) is 1.15. The molecule has 0 aliphatic carbocycles. The third-order valence-electron chi connectivity index (χ3n) is 3.63. The Bertz CT molecular complexity index is 667. The maximum atomic E-state index is 11.6. The van der Waals surface area contributed by atoms with Gasteiger partial charge in [0.1, 0.15) is 11.6 Å². The summed E-state index contributed by atoms with van der Waals surface area (Å²) in [5.41, 5.74) is 6.16. The maximum Gasteiger partial charge on any atom is 0.329 e. The minimum Gasteiger partial charge on any atom is -0.508 e. The normalized spacial score (nSPS) is 21.4. The van der Waals surface area contributed by atoms with Crippen molar-refractivity contribution in [2.45, 2.75) is 24.8 Å². The number of carboxylic acid groups (broad SMARTS) is 1. The smallest absolute Gasteiger partial charge is 0.329 e. The molecule has 1 aromatic heterocycles. The summed E-state index contributed by atoms with van der Waals surface area (Å²) in [6, 6.07) is 5.87. The first kappa shape index (κ1) is 12.5. The lowest BCUT2D eigenvalue weighted by molar-refractivity contribution is -0.142. The van der Waals surface area contributed by atoms with Crippen molar-refractivity contribution in [2.75, 3.05) is 5.73 Å². The number of aliphatic carboxylic acids is 1. The highest BCUT2D eigenvalue weighted by atomic mass is 16.4. The van der Waals surface area contributed by atoms with E-state index in [1.54, 1.807) is 24.3 Å². The molecule has 4 N–H and O–H groups in total. The number of para-hydroxylation sites is 1. The molecule has 0 spiro atoms. The number of nitrogen functional groups attached to an aromatic ring is 1. The molecule has 0 saturated heterocycles. The Balaban J connectivity index is 2.09. The number of aromatic hydroxyl groups is 1. The third-order valence-corrected chi connectivity index (χ3v) is 3.63. The van der Waals surface area contributed by atoms with Gasteiger partial charge in [-0.1, -0.05) is 18.2 Å². The maximum absolute atomic E-state index is 11.6. The van der Waals surface area contributed by atoms with E-state index in [2.05, 4.69) is 10.1 Å². The molecule has 0 radical (unpaired) electrons. The number of benzene rings is 1. The van der Waals surface area contributed by atoms with Crippen molar-refractivity contribution in [3.8, 4) is 5.75 Å². The molecule has 2 atom stereocenters. The number of carbonyl (C=O) groups is 1. The van der Waals surface area contributed by atoms with E-state index in [1.807, 2.05) is 0 Å².